The van der Waals surface area contributed by atoms with Gasteiger partial charge in [0.05, 0.1) is 6.33 Å². The van der Waals surface area contributed by atoms with E-state index >= 15 is 0 Å². The van der Waals surface area contributed by atoms with Gasteiger partial charge in [0.2, 0.25) is 0 Å². The summed E-state index contributed by atoms with van der Waals surface area (Å²) in [4.78, 5) is 14.9. The zero-order valence-corrected chi connectivity index (χ0v) is 6.28. The van der Waals surface area contributed by atoms with E-state index in [1.54, 1.807) is 12.5 Å². The fraction of sp³-hybridized carbons (Fsp3) is 0. The smallest absolute Gasteiger partial charge is 0.182 e. The molecule has 0 aliphatic rings. The summed E-state index contributed by atoms with van der Waals surface area (Å²) in [6, 6.07) is 0. The topological polar surface area (TPSA) is 66.5 Å². The molecular formula is C7H7N5. The van der Waals surface area contributed by atoms with E-state index in [1.807, 2.05) is 0 Å². The van der Waals surface area contributed by atoms with E-state index in [0.717, 1.165) is 5.52 Å². The number of nitrogens with zero attached hydrogens (tertiary/aromatic N) is 3. The molecule has 0 bridgehead atoms. The van der Waals surface area contributed by atoms with Crippen LogP contribution in [-0.4, -0.2) is 19.9 Å². The van der Waals surface area contributed by atoms with Crippen molar-refractivity contribution in [2.75, 3.05) is 5.32 Å². The molecule has 2 N–H and O–H groups in total. The van der Waals surface area contributed by atoms with Crippen LogP contribution in [0.5, 0.6) is 0 Å². The predicted octanol–water partition coefficient (Wildman–Crippen LogP) is 0.908. The largest absolute Gasteiger partial charge is 0.345 e. The fourth-order valence-corrected chi connectivity index (χ4v) is 0.971. The number of imidazole rings is 1. The third-order valence-corrected chi connectivity index (χ3v) is 1.46. The highest BCUT2D eigenvalue weighted by molar-refractivity contribution is 5.82. The molecule has 0 atom stereocenters. The lowest BCUT2D eigenvalue weighted by atomic mass is 10.5. The van der Waals surface area contributed by atoms with E-state index < -0.39 is 0 Å². The Labute approximate surface area is 68.6 Å². The van der Waals surface area contributed by atoms with Crippen LogP contribution in [0.2, 0.25) is 0 Å². The van der Waals surface area contributed by atoms with Crippen molar-refractivity contribution in [3.8, 4) is 0 Å². The number of fused-ring (bicyclic) bond motifs is 1. The van der Waals surface area contributed by atoms with Crippen molar-refractivity contribution in [3.63, 3.8) is 0 Å². The van der Waals surface area contributed by atoms with Gasteiger partial charge in [0.1, 0.15) is 11.8 Å². The Kier molecular flexibility index (Phi) is 1.48. The molecule has 0 unspecified atom stereocenters. The molecule has 0 saturated carbocycles. The first-order chi connectivity index (χ1) is 5.92. The normalized spacial score (nSPS) is 10.0. The van der Waals surface area contributed by atoms with Crippen molar-refractivity contribution in [2.45, 2.75) is 0 Å². The summed E-state index contributed by atoms with van der Waals surface area (Å²) in [7, 11) is 0. The molecule has 5 nitrogen and oxygen atoms in total. The number of H-pyrrole nitrogens is 1. The molecule has 0 radical (unpaired) electrons. The molecule has 0 saturated heterocycles. The second kappa shape index (κ2) is 2.61. The predicted molar refractivity (Wildman–Crippen MR) is 45.5 cm³/mol. The molecule has 0 fully saturated rings. The van der Waals surface area contributed by atoms with E-state index in [4.69, 9.17) is 0 Å². The molecule has 0 aliphatic carbocycles. The van der Waals surface area contributed by atoms with E-state index in [2.05, 4.69) is 31.8 Å². The van der Waals surface area contributed by atoms with E-state index in [1.165, 1.54) is 6.33 Å². The average Bonchev–Trinajstić information content (AvgIpc) is 2.53. The minimum atomic E-state index is 0.648. The minimum absolute atomic E-state index is 0.648. The first-order valence-electron chi connectivity index (χ1n) is 3.43. The second-order valence-electron chi connectivity index (χ2n) is 2.17. The van der Waals surface area contributed by atoms with Crippen LogP contribution in [-0.2, 0) is 0 Å². The highest BCUT2D eigenvalue weighted by Gasteiger charge is 2.02. The molecule has 5 heteroatoms. The number of hydrogen-bond acceptors (Lipinski definition) is 4. The van der Waals surface area contributed by atoms with Crippen LogP contribution in [0.4, 0.5) is 5.82 Å². The fourth-order valence-electron chi connectivity index (χ4n) is 0.971. The van der Waals surface area contributed by atoms with Crippen molar-refractivity contribution in [1.82, 2.24) is 19.9 Å². The van der Waals surface area contributed by atoms with Gasteiger partial charge in [-0.3, -0.25) is 0 Å². The molecule has 12 heavy (non-hydrogen) atoms. The van der Waals surface area contributed by atoms with Crippen LogP contribution in [0.3, 0.4) is 0 Å². The molecule has 2 rings (SSSR count). The highest BCUT2D eigenvalue weighted by atomic mass is 15.1. The summed E-state index contributed by atoms with van der Waals surface area (Å²) < 4.78 is 0. The number of aromatic amines is 1. The third-order valence-electron chi connectivity index (χ3n) is 1.46. The van der Waals surface area contributed by atoms with Crippen LogP contribution in [0, 0.1) is 0 Å². The number of aromatic nitrogens is 4. The lowest BCUT2D eigenvalue weighted by molar-refractivity contribution is 1.20. The van der Waals surface area contributed by atoms with Gasteiger partial charge in [-0.25, -0.2) is 15.0 Å². The van der Waals surface area contributed by atoms with Crippen molar-refractivity contribution in [3.05, 3.63) is 25.4 Å². The van der Waals surface area contributed by atoms with Crippen LogP contribution in [0.1, 0.15) is 0 Å². The van der Waals surface area contributed by atoms with Gasteiger partial charge < -0.3 is 10.3 Å². The summed E-state index contributed by atoms with van der Waals surface area (Å²) in [5.74, 6) is 0.688. The average molecular weight is 161 g/mol. The van der Waals surface area contributed by atoms with Crippen molar-refractivity contribution in [2.24, 2.45) is 0 Å². The Hall–Kier alpha value is -1.91. The van der Waals surface area contributed by atoms with Crippen molar-refractivity contribution < 1.29 is 0 Å². The van der Waals surface area contributed by atoms with Crippen molar-refractivity contribution in [1.29, 1.82) is 0 Å². The Balaban J connectivity index is 2.65. The monoisotopic (exact) mass is 161 g/mol. The van der Waals surface area contributed by atoms with Gasteiger partial charge in [-0.1, -0.05) is 6.58 Å². The van der Waals surface area contributed by atoms with Gasteiger partial charge in [-0.15, -0.1) is 0 Å². The Morgan fingerprint density at radius 2 is 2.33 bits per heavy atom. The molecule has 60 valence electrons. The van der Waals surface area contributed by atoms with Crippen LogP contribution < -0.4 is 5.32 Å². The lowest BCUT2D eigenvalue weighted by Gasteiger charge is -1.97. The summed E-state index contributed by atoms with van der Waals surface area (Å²) in [5.41, 5.74) is 1.44. The third kappa shape index (κ3) is 0.914. The standard InChI is InChI=1S/C7H7N5/c1-2-8-6-5-7(10-3-9-5)12-4-11-6/h2-4H,1H2,(H2,8,9,10,11,12). The van der Waals surface area contributed by atoms with Gasteiger partial charge in [-0.05, 0) is 6.20 Å². The van der Waals surface area contributed by atoms with Crippen LogP contribution in [0.25, 0.3) is 11.2 Å². The molecule has 2 aromatic heterocycles. The summed E-state index contributed by atoms with van der Waals surface area (Å²) in [6.07, 6.45) is 4.59. The zero-order chi connectivity index (χ0) is 8.39. The van der Waals surface area contributed by atoms with Crippen molar-refractivity contribution >= 4 is 17.0 Å². The maximum absolute atomic E-state index is 4.00. The number of anilines is 1. The van der Waals surface area contributed by atoms with E-state index in [0.29, 0.717) is 11.5 Å². The van der Waals surface area contributed by atoms with E-state index in [9.17, 15) is 0 Å². The van der Waals surface area contributed by atoms with Gasteiger partial charge in [0.15, 0.2) is 11.5 Å². The van der Waals surface area contributed by atoms with Gasteiger partial charge in [-0.2, -0.15) is 0 Å². The molecule has 0 aromatic carbocycles. The lowest BCUT2D eigenvalue weighted by Crippen LogP contribution is -1.92. The highest BCUT2D eigenvalue weighted by Crippen LogP contribution is 2.13. The Morgan fingerprint density at radius 1 is 1.42 bits per heavy atom. The Morgan fingerprint density at radius 3 is 3.17 bits per heavy atom. The van der Waals surface area contributed by atoms with Crippen LogP contribution >= 0.6 is 0 Å². The number of hydrogen-bond donors (Lipinski definition) is 2. The van der Waals surface area contributed by atoms with Gasteiger partial charge in [0, 0.05) is 0 Å². The zero-order valence-electron chi connectivity index (χ0n) is 6.28. The maximum atomic E-state index is 4.00. The molecule has 0 spiro atoms. The van der Waals surface area contributed by atoms with Gasteiger partial charge in [0.25, 0.3) is 0 Å². The molecular weight excluding hydrogens is 154 g/mol. The SMILES string of the molecule is C=CNc1ncnc2nc[nH]c12. The molecule has 2 aromatic rings. The summed E-state index contributed by atoms with van der Waals surface area (Å²) >= 11 is 0. The maximum Gasteiger partial charge on any atom is 0.182 e. The second-order valence-corrected chi connectivity index (χ2v) is 2.17. The minimum Gasteiger partial charge on any atom is -0.345 e. The number of rotatable bonds is 2. The first-order valence-corrected chi connectivity index (χ1v) is 3.43. The van der Waals surface area contributed by atoms with E-state index in [-0.39, 0.29) is 0 Å². The Bertz CT molecular complexity index is 405. The molecule has 0 amide bonds. The summed E-state index contributed by atoms with van der Waals surface area (Å²) in [6.45, 7) is 3.54. The summed E-state index contributed by atoms with van der Waals surface area (Å²) in [5, 5.41) is 2.88. The molecule has 0 aliphatic heterocycles. The quantitative estimate of drug-likeness (QED) is 0.687. The first kappa shape index (κ1) is 6.78. The van der Waals surface area contributed by atoms with Gasteiger partial charge >= 0.3 is 0 Å². The van der Waals surface area contributed by atoms with Crippen LogP contribution in [0.15, 0.2) is 25.4 Å². The molecule has 2 heterocycles. The number of nitrogens with one attached hydrogen (secondary N) is 2.